The van der Waals surface area contributed by atoms with Gasteiger partial charge in [-0.1, -0.05) is 6.42 Å². The molecular formula is C15H18N4O2. The Morgan fingerprint density at radius 1 is 1.33 bits per heavy atom. The third kappa shape index (κ3) is 2.69. The van der Waals surface area contributed by atoms with Crippen LogP contribution in [0.3, 0.4) is 0 Å². The number of nitro groups is 1. The third-order valence-electron chi connectivity index (χ3n) is 4.53. The minimum atomic E-state index is -0.469. The lowest BCUT2D eigenvalue weighted by Gasteiger charge is -2.33. The molecule has 2 aliphatic rings. The summed E-state index contributed by atoms with van der Waals surface area (Å²) in [6.07, 6.45) is 4.77. The van der Waals surface area contributed by atoms with Gasteiger partial charge in [0, 0.05) is 30.8 Å². The number of hydrogen-bond acceptors (Lipinski definition) is 5. The number of piperidine rings is 1. The number of fused-ring (bicyclic) bond motifs is 1. The van der Waals surface area contributed by atoms with Crippen LogP contribution in [0, 0.1) is 21.4 Å². The first kappa shape index (κ1) is 13.8. The van der Waals surface area contributed by atoms with Crippen molar-refractivity contribution in [3.63, 3.8) is 0 Å². The molecule has 21 heavy (non-hydrogen) atoms. The largest absolute Gasteiger partial charge is 0.380 e. The zero-order valence-corrected chi connectivity index (χ0v) is 11.8. The molecule has 2 atom stereocenters. The molecule has 0 spiro atoms. The van der Waals surface area contributed by atoms with E-state index < -0.39 is 4.92 Å². The summed E-state index contributed by atoms with van der Waals surface area (Å²) >= 11 is 0. The Labute approximate surface area is 123 Å². The van der Waals surface area contributed by atoms with Crippen LogP contribution < -0.4 is 5.32 Å². The summed E-state index contributed by atoms with van der Waals surface area (Å²) in [6.45, 7) is 2.26. The fourth-order valence-electron chi connectivity index (χ4n) is 3.48. The Hall–Kier alpha value is -2.13. The van der Waals surface area contributed by atoms with Gasteiger partial charge >= 0.3 is 0 Å². The van der Waals surface area contributed by atoms with Crippen molar-refractivity contribution in [3.05, 3.63) is 33.9 Å². The molecule has 2 aliphatic heterocycles. The Morgan fingerprint density at radius 2 is 2.19 bits per heavy atom. The van der Waals surface area contributed by atoms with Gasteiger partial charge in [0.2, 0.25) is 0 Å². The van der Waals surface area contributed by atoms with Gasteiger partial charge < -0.3 is 5.32 Å². The molecule has 2 fully saturated rings. The number of nitrogens with one attached hydrogen (secondary N) is 1. The topological polar surface area (TPSA) is 82.2 Å². The summed E-state index contributed by atoms with van der Waals surface area (Å²) in [5.74, 6) is 0. The van der Waals surface area contributed by atoms with E-state index in [1.165, 1.54) is 31.4 Å². The van der Waals surface area contributed by atoms with Crippen molar-refractivity contribution < 1.29 is 4.92 Å². The monoisotopic (exact) mass is 286 g/mol. The van der Waals surface area contributed by atoms with Crippen molar-refractivity contribution in [2.24, 2.45) is 0 Å². The standard InChI is InChI=1S/C15H18N4O2/c16-10-11-9-12(19(20)21)4-5-13(11)17-14-6-8-18-7-2-1-3-15(14)18/h4-5,9,14-15,17H,1-3,6-8H2/t14-,15-/m0/s1. The van der Waals surface area contributed by atoms with Crippen LogP contribution in [-0.4, -0.2) is 35.0 Å². The summed E-state index contributed by atoms with van der Waals surface area (Å²) < 4.78 is 0. The summed E-state index contributed by atoms with van der Waals surface area (Å²) in [5, 5.41) is 23.4. The number of hydrogen-bond donors (Lipinski definition) is 1. The maximum atomic E-state index is 10.8. The molecule has 0 bridgehead atoms. The molecule has 0 aromatic heterocycles. The van der Waals surface area contributed by atoms with Gasteiger partial charge in [-0.05, 0) is 31.9 Å². The lowest BCUT2D eigenvalue weighted by molar-refractivity contribution is -0.384. The van der Waals surface area contributed by atoms with Gasteiger partial charge in [0.1, 0.15) is 6.07 Å². The molecular weight excluding hydrogens is 268 g/mol. The molecule has 3 rings (SSSR count). The first-order chi connectivity index (χ1) is 10.2. The van der Waals surface area contributed by atoms with Crippen molar-refractivity contribution >= 4 is 11.4 Å². The zero-order valence-electron chi connectivity index (χ0n) is 11.8. The second-order valence-electron chi connectivity index (χ2n) is 5.74. The second-order valence-corrected chi connectivity index (χ2v) is 5.74. The lowest BCUT2D eigenvalue weighted by atomic mass is 9.98. The Morgan fingerprint density at radius 3 is 2.95 bits per heavy atom. The van der Waals surface area contributed by atoms with Gasteiger partial charge in [0.15, 0.2) is 0 Å². The number of benzene rings is 1. The van der Waals surface area contributed by atoms with Crippen LogP contribution in [-0.2, 0) is 0 Å². The Bertz CT molecular complexity index is 596. The predicted molar refractivity (Wildman–Crippen MR) is 79.1 cm³/mol. The number of nitrogens with zero attached hydrogens (tertiary/aromatic N) is 3. The predicted octanol–water partition coefficient (Wildman–Crippen LogP) is 2.51. The van der Waals surface area contributed by atoms with Crippen LogP contribution in [0.4, 0.5) is 11.4 Å². The van der Waals surface area contributed by atoms with Crippen LogP contribution in [0.2, 0.25) is 0 Å². The van der Waals surface area contributed by atoms with Gasteiger partial charge in [0.05, 0.1) is 16.2 Å². The van der Waals surface area contributed by atoms with E-state index in [0.29, 0.717) is 23.3 Å². The molecule has 2 heterocycles. The van der Waals surface area contributed by atoms with Crippen LogP contribution >= 0.6 is 0 Å². The fraction of sp³-hybridized carbons (Fsp3) is 0.533. The Kier molecular flexibility index (Phi) is 3.76. The third-order valence-corrected chi connectivity index (χ3v) is 4.53. The number of nitriles is 1. The number of nitro benzene ring substituents is 1. The first-order valence-electron chi connectivity index (χ1n) is 7.38. The highest BCUT2D eigenvalue weighted by Gasteiger charge is 2.35. The highest BCUT2D eigenvalue weighted by molar-refractivity contribution is 5.62. The average molecular weight is 286 g/mol. The van der Waals surface area contributed by atoms with E-state index in [1.807, 2.05) is 0 Å². The smallest absolute Gasteiger partial charge is 0.270 e. The van der Waals surface area contributed by atoms with Crippen LogP contribution in [0.1, 0.15) is 31.2 Å². The molecule has 0 radical (unpaired) electrons. The minimum absolute atomic E-state index is 0.0391. The number of non-ortho nitro benzene ring substituents is 1. The first-order valence-corrected chi connectivity index (χ1v) is 7.38. The van der Waals surface area contributed by atoms with Gasteiger partial charge in [-0.2, -0.15) is 5.26 Å². The fourth-order valence-corrected chi connectivity index (χ4v) is 3.48. The molecule has 0 unspecified atom stereocenters. The minimum Gasteiger partial charge on any atom is -0.380 e. The van der Waals surface area contributed by atoms with Crippen molar-refractivity contribution in [1.29, 1.82) is 5.26 Å². The zero-order chi connectivity index (χ0) is 14.8. The Balaban J connectivity index is 1.79. The van der Waals surface area contributed by atoms with E-state index >= 15 is 0 Å². The average Bonchev–Trinajstić information content (AvgIpc) is 2.91. The van der Waals surface area contributed by atoms with Crippen molar-refractivity contribution in [3.8, 4) is 6.07 Å². The molecule has 6 heteroatoms. The van der Waals surface area contributed by atoms with Crippen molar-refractivity contribution in [2.75, 3.05) is 18.4 Å². The molecule has 0 amide bonds. The number of rotatable bonds is 3. The summed E-state index contributed by atoms with van der Waals surface area (Å²) in [5.41, 5.74) is 1.02. The SMILES string of the molecule is N#Cc1cc([N+](=O)[O-])ccc1N[C@H]1CCN2CCCC[C@@H]12. The second kappa shape index (κ2) is 5.70. The highest BCUT2D eigenvalue weighted by atomic mass is 16.6. The molecule has 1 aromatic carbocycles. The highest BCUT2D eigenvalue weighted by Crippen LogP contribution is 2.31. The van der Waals surface area contributed by atoms with E-state index in [9.17, 15) is 15.4 Å². The molecule has 1 N–H and O–H groups in total. The molecule has 0 aliphatic carbocycles. The van der Waals surface area contributed by atoms with E-state index in [1.54, 1.807) is 6.07 Å². The van der Waals surface area contributed by atoms with Crippen LogP contribution in [0.15, 0.2) is 18.2 Å². The van der Waals surface area contributed by atoms with E-state index in [0.717, 1.165) is 19.5 Å². The van der Waals surface area contributed by atoms with Crippen LogP contribution in [0.5, 0.6) is 0 Å². The van der Waals surface area contributed by atoms with Gasteiger partial charge in [-0.15, -0.1) is 0 Å². The molecule has 0 saturated carbocycles. The molecule has 6 nitrogen and oxygen atoms in total. The molecule has 110 valence electrons. The molecule has 1 aromatic rings. The van der Waals surface area contributed by atoms with Crippen molar-refractivity contribution in [2.45, 2.75) is 37.8 Å². The quantitative estimate of drug-likeness (QED) is 0.682. The summed E-state index contributed by atoms with van der Waals surface area (Å²) in [6, 6.07) is 7.37. The maximum absolute atomic E-state index is 10.8. The van der Waals surface area contributed by atoms with Gasteiger partial charge in [-0.3, -0.25) is 15.0 Å². The van der Waals surface area contributed by atoms with Crippen molar-refractivity contribution in [1.82, 2.24) is 4.90 Å². The van der Waals surface area contributed by atoms with Gasteiger partial charge in [0.25, 0.3) is 5.69 Å². The van der Waals surface area contributed by atoms with E-state index in [4.69, 9.17) is 0 Å². The van der Waals surface area contributed by atoms with Crippen LogP contribution in [0.25, 0.3) is 0 Å². The maximum Gasteiger partial charge on any atom is 0.270 e. The van der Waals surface area contributed by atoms with E-state index in [2.05, 4.69) is 16.3 Å². The normalized spacial score (nSPS) is 25.1. The summed E-state index contributed by atoms with van der Waals surface area (Å²) in [4.78, 5) is 12.8. The van der Waals surface area contributed by atoms with E-state index in [-0.39, 0.29) is 5.69 Å². The van der Waals surface area contributed by atoms with Gasteiger partial charge in [-0.25, -0.2) is 0 Å². The molecule has 2 saturated heterocycles. The number of anilines is 1. The summed E-state index contributed by atoms with van der Waals surface area (Å²) in [7, 11) is 0. The lowest BCUT2D eigenvalue weighted by Crippen LogP contribution is -2.41.